The number of rotatable bonds is 3. The van der Waals surface area contributed by atoms with Crippen LogP contribution in [-0.4, -0.2) is 22.4 Å². The van der Waals surface area contributed by atoms with E-state index in [1.807, 2.05) is 0 Å². The molecular formula is C13H10Cl2N4O. The van der Waals surface area contributed by atoms with Crippen LogP contribution < -0.4 is 10.1 Å². The molecule has 0 atom stereocenters. The van der Waals surface area contributed by atoms with E-state index in [2.05, 4.69) is 20.3 Å². The Morgan fingerprint density at radius 1 is 1.15 bits per heavy atom. The predicted octanol–water partition coefficient (Wildman–Crippen LogP) is 3.19. The van der Waals surface area contributed by atoms with Crippen molar-refractivity contribution in [3.05, 3.63) is 46.3 Å². The fraction of sp³-hybridized carbons (Fsp3) is 0.154. The lowest BCUT2D eigenvalue weighted by Gasteiger charge is -2.17. The van der Waals surface area contributed by atoms with Crippen LogP contribution in [0.1, 0.15) is 5.69 Å². The molecule has 1 N–H and O–H groups in total. The van der Waals surface area contributed by atoms with Crippen LogP contribution in [0.3, 0.4) is 0 Å². The van der Waals surface area contributed by atoms with Gasteiger partial charge in [-0.05, 0) is 12.1 Å². The number of hydrogen-bond donors (Lipinski definition) is 1. The van der Waals surface area contributed by atoms with E-state index < -0.39 is 0 Å². The van der Waals surface area contributed by atoms with Gasteiger partial charge in [0.2, 0.25) is 0 Å². The maximum absolute atomic E-state index is 6.04. The van der Waals surface area contributed by atoms with Gasteiger partial charge in [-0.2, -0.15) is 0 Å². The normalized spacial score (nSPS) is 13.2. The van der Waals surface area contributed by atoms with Crippen molar-refractivity contribution in [3.8, 4) is 5.75 Å². The van der Waals surface area contributed by atoms with E-state index in [-0.39, 0.29) is 6.61 Å². The minimum absolute atomic E-state index is 0.236. The molecule has 7 heteroatoms. The van der Waals surface area contributed by atoms with E-state index in [0.717, 1.165) is 5.69 Å². The first-order chi connectivity index (χ1) is 9.74. The Hall–Kier alpha value is -1.85. The number of aliphatic imine (C=N–C) groups is 1. The topological polar surface area (TPSA) is 59.4 Å². The fourth-order valence-electron chi connectivity index (χ4n) is 1.78. The number of benzene rings is 1. The second kappa shape index (κ2) is 5.64. The second-order valence-electron chi connectivity index (χ2n) is 4.08. The smallest absolute Gasteiger partial charge is 0.157 e. The first kappa shape index (κ1) is 13.1. The molecule has 102 valence electrons. The average molecular weight is 309 g/mol. The van der Waals surface area contributed by atoms with Gasteiger partial charge in [0.05, 0.1) is 16.6 Å². The first-order valence-corrected chi connectivity index (χ1v) is 6.66. The van der Waals surface area contributed by atoms with E-state index >= 15 is 0 Å². The molecule has 0 aliphatic carbocycles. The van der Waals surface area contributed by atoms with E-state index in [1.54, 1.807) is 30.6 Å². The molecule has 0 saturated heterocycles. The molecule has 2 heterocycles. The summed E-state index contributed by atoms with van der Waals surface area (Å²) in [7, 11) is 0. The third kappa shape index (κ3) is 2.69. The summed E-state index contributed by atoms with van der Waals surface area (Å²) in [6.07, 6.45) is 3.27. The van der Waals surface area contributed by atoms with Crippen molar-refractivity contribution in [1.29, 1.82) is 0 Å². The van der Waals surface area contributed by atoms with E-state index in [0.29, 0.717) is 34.0 Å². The summed E-state index contributed by atoms with van der Waals surface area (Å²) in [4.78, 5) is 12.7. The molecule has 0 bridgehead atoms. The molecule has 3 rings (SSSR count). The Morgan fingerprint density at radius 2 is 1.90 bits per heavy atom. The lowest BCUT2D eigenvalue weighted by atomic mass is 10.3. The molecule has 0 fully saturated rings. The molecule has 1 aliphatic rings. The van der Waals surface area contributed by atoms with E-state index in [1.165, 1.54) is 0 Å². The summed E-state index contributed by atoms with van der Waals surface area (Å²) in [5.74, 6) is 1.81. The van der Waals surface area contributed by atoms with Crippen molar-refractivity contribution < 1.29 is 4.74 Å². The number of para-hydroxylation sites is 1. The number of ether oxygens (including phenoxy) is 1. The Kier molecular flexibility index (Phi) is 3.71. The van der Waals surface area contributed by atoms with Crippen molar-refractivity contribution in [1.82, 2.24) is 9.97 Å². The minimum Gasteiger partial charge on any atom is -0.483 e. The van der Waals surface area contributed by atoms with Crippen molar-refractivity contribution in [2.24, 2.45) is 4.99 Å². The molecule has 0 amide bonds. The Bertz CT molecular complexity index is 655. The molecule has 2 aromatic rings. The van der Waals surface area contributed by atoms with Crippen LogP contribution >= 0.6 is 23.2 Å². The Balaban J connectivity index is 1.70. The lowest BCUT2D eigenvalue weighted by Crippen LogP contribution is -2.25. The van der Waals surface area contributed by atoms with Crippen LogP contribution in [-0.2, 0) is 6.54 Å². The zero-order chi connectivity index (χ0) is 13.9. The number of hydrogen-bond acceptors (Lipinski definition) is 5. The second-order valence-corrected chi connectivity index (χ2v) is 4.89. The molecule has 1 aliphatic heterocycles. The van der Waals surface area contributed by atoms with Gasteiger partial charge in [0.1, 0.15) is 18.1 Å². The molecular weight excluding hydrogens is 299 g/mol. The SMILES string of the molecule is Clc1cccc(Cl)c1OCC1=NCc2nccnc2N1. The maximum atomic E-state index is 6.04. The van der Waals surface area contributed by atoms with Crippen LogP contribution in [0.25, 0.3) is 0 Å². The summed E-state index contributed by atoms with van der Waals surface area (Å²) in [5.41, 5.74) is 0.812. The van der Waals surface area contributed by atoms with Gasteiger partial charge in [0.15, 0.2) is 11.6 Å². The number of nitrogens with zero attached hydrogens (tertiary/aromatic N) is 3. The molecule has 0 saturated carbocycles. The first-order valence-electron chi connectivity index (χ1n) is 5.91. The molecule has 1 aromatic heterocycles. The van der Waals surface area contributed by atoms with Crippen LogP contribution in [0.2, 0.25) is 10.0 Å². The highest BCUT2D eigenvalue weighted by Crippen LogP contribution is 2.32. The third-order valence-corrected chi connectivity index (χ3v) is 3.32. The largest absolute Gasteiger partial charge is 0.483 e. The molecule has 0 radical (unpaired) electrons. The van der Waals surface area contributed by atoms with Crippen LogP contribution in [0.15, 0.2) is 35.6 Å². The average Bonchev–Trinajstić information content (AvgIpc) is 2.46. The third-order valence-electron chi connectivity index (χ3n) is 2.73. The quantitative estimate of drug-likeness (QED) is 0.946. The van der Waals surface area contributed by atoms with Gasteiger partial charge in [-0.3, -0.25) is 9.98 Å². The molecule has 0 unspecified atom stereocenters. The van der Waals surface area contributed by atoms with Crippen LogP contribution in [0.4, 0.5) is 5.82 Å². The summed E-state index contributed by atoms with van der Waals surface area (Å²) < 4.78 is 5.62. The molecule has 20 heavy (non-hydrogen) atoms. The highest BCUT2D eigenvalue weighted by molar-refractivity contribution is 6.37. The molecule has 1 aromatic carbocycles. The highest BCUT2D eigenvalue weighted by atomic mass is 35.5. The monoisotopic (exact) mass is 308 g/mol. The summed E-state index contributed by atoms with van der Waals surface area (Å²) in [6.45, 7) is 0.713. The van der Waals surface area contributed by atoms with Crippen molar-refractivity contribution in [3.63, 3.8) is 0 Å². The number of amidine groups is 1. The van der Waals surface area contributed by atoms with Crippen molar-refractivity contribution in [2.75, 3.05) is 11.9 Å². The van der Waals surface area contributed by atoms with Crippen LogP contribution in [0, 0.1) is 0 Å². The van der Waals surface area contributed by atoms with Crippen LogP contribution in [0.5, 0.6) is 5.75 Å². The van der Waals surface area contributed by atoms with E-state index in [9.17, 15) is 0 Å². The van der Waals surface area contributed by atoms with Gasteiger partial charge in [-0.15, -0.1) is 0 Å². The summed E-state index contributed by atoms with van der Waals surface area (Å²) in [5, 5.41) is 4.00. The predicted molar refractivity (Wildman–Crippen MR) is 78.8 cm³/mol. The van der Waals surface area contributed by atoms with E-state index in [4.69, 9.17) is 27.9 Å². The van der Waals surface area contributed by atoms with Gasteiger partial charge < -0.3 is 10.1 Å². The van der Waals surface area contributed by atoms with Crippen molar-refractivity contribution in [2.45, 2.75) is 6.54 Å². The van der Waals surface area contributed by atoms with Gasteiger partial charge in [-0.25, -0.2) is 4.98 Å². The molecule has 5 nitrogen and oxygen atoms in total. The lowest BCUT2D eigenvalue weighted by molar-refractivity contribution is 0.376. The van der Waals surface area contributed by atoms with Gasteiger partial charge in [0, 0.05) is 12.4 Å². The zero-order valence-electron chi connectivity index (χ0n) is 10.3. The Morgan fingerprint density at radius 3 is 2.70 bits per heavy atom. The number of nitrogens with one attached hydrogen (secondary N) is 1. The summed E-state index contributed by atoms with van der Waals surface area (Å²) >= 11 is 12.1. The zero-order valence-corrected chi connectivity index (χ0v) is 11.8. The number of fused-ring (bicyclic) bond motifs is 1. The highest BCUT2D eigenvalue weighted by Gasteiger charge is 2.15. The fourth-order valence-corrected chi connectivity index (χ4v) is 2.28. The number of halogens is 2. The summed E-state index contributed by atoms with van der Waals surface area (Å²) in [6, 6.07) is 5.21. The maximum Gasteiger partial charge on any atom is 0.157 e. The minimum atomic E-state index is 0.236. The Labute approximate surface area is 125 Å². The van der Waals surface area contributed by atoms with Crippen molar-refractivity contribution >= 4 is 34.9 Å². The number of aromatic nitrogens is 2. The van der Waals surface area contributed by atoms with Gasteiger partial charge in [-0.1, -0.05) is 29.3 Å². The standard InChI is InChI=1S/C13H10Cl2N4O/c14-8-2-1-3-9(15)12(8)20-7-11-18-6-10-13(19-11)17-5-4-16-10/h1-5H,6-7H2,(H,17,18,19). The molecule has 0 spiro atoms. The van der Waals surface area contributed by atoms with Gasteiger partial charge >= 0.3 is 0 Å². The number of anilines is 1. The van der Waals surface area contributed by atoms with Gasteiger partial charge in [0.25, 0.3) is 0 Å².